The Morgan fingerprint density at radius 3 is 2.29 bits per heavy atom. The normalized spacial score (nSPS) is 11.8. The highest BCUT2D eigenvalue weighted by molar-refractivity contribution is 7.89. The Balaban J connectivity index is 2.10. The van der Waals surface area contributed by atoms with Gasteiger partial charge in [-0.2, -0.15) is 13.2 Å². The standard InChI is InChI=1S/C21H15ClF3NO4S/c1-31(28,29)26-20(27)14-5-10-19(30-17-8-6-16(22)7-9-17)18(12-14)13-3-2-4-15(11-13)21(23,24)25/h2-12H,1H3,(H,26,27). The molecule has 5 nitrogen and oxygen atoms in total. The van der Waals surface area contributed by atoms with Gasteiger partial charge in [0.15, 0.2) is 0 Å². The summed E-state index contributed by atoms with van der Waals surface area (Å²) in [6, 6.07) is 14.7. The van der Waals surface area contributed by atoms with Gasteiger partial charge in [-0.15, -0.1) is 0 Å². The molecule has 1 amide bonds. The van der Waals surface area contributed by atoms with Crippen LogP contribution in [0, 0.1) is 0 Å². The first-order valence-electron chi connectivity index (χ1n) is 8.69. The molecule has 0 aromatic heterocycles. The maximum absolute atomic E-state index is 13.2. The maximum Gasteiger partial charge on any atom is 0.416 e. The van der Waals surface area contributed by atoms with Gasteiger partial charge in [0.2, 0.25) is 10.0 Å². The number of hydrogen-bond donors (Lipinski definition) is 1. The number of sulfonamides is 1. The van der Waals surface area contributed by atoms with Crippen molar-refractivity contribution in [1.29, 1.82) is 0 Å². The maximum atomic E-state index is 13.2. The van der Waals surface area contributed by atoms with Crippen molar-refractivity contribution in [3.05, 3.63) is 82.9 Å². The Labute approximate surface area is 181 Å². The van der Waals surface area contributed by atoms with Crippen LogP contribution in [0.2, 0.25) is 5.02 Å². The molecule has 0 aliphatic carbocycles. The number of carbonyl (C=O) groups is 1. The third-order valence-electron chi connectivity index (χ3n) is 4.06. The molecule has 0 bridgehead atoms. The van der Waals surface area contributed by atoms with E-state index in [-0.39, 0.29) is 22.4 Å². The lowest BCUT2D eigenvalue weighted by Crippen LogP contribution is -2.29. The van der Waals surface area contributed by atoms with Crippen molar-refractivity contribution in [3.63, 3.8) is 0 Å². The van der Waals surface area contributed by atoms with Gasteiger partial charge in [-0.1, -0.05) is 23.7 Å². The second-order valence-corrected chi connectivity index (χ2v) is 8.73. The molecule has 3 aromatic rings. The van der Waals surface area contributed by atoms with E-state index in [1.165, 1.54) is 30.3 Å². The van der Waals surface area contributed by atoms with Crippen LogP contribution in [0.25, 0.3) is 11.1 Å². The van der Waals surface area contributed by atoms with Crippen molar-refractivity contribution in [2.24, 2.45) is 0 Å². The van der Waals surface area contributed by atoms with E-state index in [4.69, 9.17) is 16.3 Å². The van der Waals surface area contributed by atoms with Crippen molar-refractivity contribution >= 4 is 27.5 Å². The minimum absolute atomic E-state index is 0.0682. The average Bonchev–Trinajstić information content (AvgIpc) is 2.68. The average molecular weight is 470 g/mol. The summed E-state index contributed by atoms with van der Waals surface area (Å²) in [4.78, 5) is 12.3. The zero-order chi connectivity index (χ0) is 22.8. The number of nitrogens with one attached hydrogen (secondary N) is 1. The molecule has 0 heterocycles. The third-order valence-corrected chi connectivity index (χ3v) is 4.87. The summed E-state index contributed by atoms with van der Waals surface area (Å²) >= 11 is 5.85. The predicted molar refractivity (Wildman–Crippen MR) is 111 cm³/mol. The predicted octanol–water partition coefficient (Wildman–Crippen LogP) is 5.51. The van der Waals surface area contributed by atoms with Crippen LogP contribution in [0.1, 0.15) is 15.9 Å². The fourth-order valence-corrected chi connectivity index (χ4v) is 3.29. The summed E-state index contributed by atoms with van der Waals surface area (Å²) in [5.41, 5.74) is -0.648. The van der Waals surface area contributed by atoms with Crippen molar-refractivity contribution < 1.29 is 31.1 Å². The molecule has 31 heavy (non-hydrogen) atoms. The van der Waals surface area contributed by atoms with Gasteiger partial charge in [0, 0.05) is 16.1 Å². The minimum atomic E-state index is -4.57. The van der Waals surface area contributed by atoms with E-state index in [0.717, 1.165) is 18.4 Å². The molecule has 0 saturated heterocycles. The van der Waals surface area contributed by atoms with E-state index in [1.54, 1.807) is 24.3 Å². The van der Waals surface area contributed by atoms with Gasteiger partial charge in [0.05, 0.1) is 11.8 Å². The van der Waals surface area contributed by atoms with Gasteiger partial charge in [0.25, 0.3) is 5.91 Å². The van der Waals surface area contributed by atoms with Gasteiger partial charge < -0.3 is 4.74 Å². The number of hydrogen-bond acceptors (Lipinski definition) is 4. The fraction of sp³-hybridized carbons (Fsp3) is 0.0952. The molecule has 1 N–H and O–H groups in total. The third kappa shape index (κ3) is 5.99. The van der Waals surface area contributed by atoms with E-state index in [2.05, 4.69) is 0 Å². The van der Waals surface area contributed by atoms with Crippen LogP contribution in [0.3, 0.4) is 0 Å². The molecule has 0 aliphatic heterocycles. The number of ether oxygens (including phenoxy) is 1. The molecule has 0 unspecified atom stereocenters. The summed E-state index contributed by atoms with van der Waals surface area (Å²) in [5, 5.41) is 0.471. The Bertz CT molecular complexity index is 1230. The lowest BCUT2D eigenvalue weighted by molar-refractivity contribution is -0.137. The highest BCUT2D eigenvalue weighted by Crippen LogP contribution is 2.37. The number of rotatable bonds is 5. The molecule has 162 valence electrons. The molecule has 0 aliphatic rings. The molecule has 0 fully saturated rings. The highest BCUT2D eigenvalue weighted by Gasteiger charge is 2.30. The van der Waals surface area contributed by atoms with E-state index < -0.39 is 27.7 Å². The molecule has 0 spiro atoms. The molecule has 3 rings (SSSR count). The molecule has 10 heteroatoms. The number of carbonyl (C=O) groups excluding carboxylic acids is 1. The molecular formula is C21H15ClF3NO4S. The smallest absolute Gasteiger partial charge is 0.416 e. The fourth-order valence-electron chi connectivity index (χ4n) is 2.71. The van der Waals surface area contributed by atoms with E-state index in [9.17, 15) is 26.4 Å². The van der Waals surface area contributed by atoms with Crippen molar-refractivity contribution in [2.75, 3.05) is 6.26 Å². The van der Waals surface area contributed by atoms with Crippen LogP contribution < -0.4 is 9.46 Å². The zero-order valence-electron chi connectivity index (χ0n) is 15.9. The van der Waals surface area contributed by atoms with E-state index in [1.807, 2.05) is 4.72 Å². The summed E-state index contributed by atoms with van der Waals surface area (Å²) < 4.78 is 69.9. The number of amides is 1. The monoisotopic (exact) mass is 469 g/mol. The minimum Gasteiger partial charge on any atom is -0.457 e. The Morgan fingerprint density at radius 1 is 1.00 bits per heavy atom. The second-order valence-electron chi connectivity index (χ2n) is 6.55. The molecular weight excluding hydrogens is 455 g/mol. The largest absolute Gasteiger partial charge is 0.457 e. The van der Waals surface area contributed by atoms with Crippen molar-refractivity contribution in [1.82, 2.24) is 4.72 Å². The van der Waals surface area contributed by atoms with Crippen LogP contribution in [-0.4, -0.2) is 20.6 Å². The summed E-state index contributed by atoms with van der Waals surface area (Å²) in [7, 11) is -3.83. The quantitative estimate of drug-likeness (QED) is 0.535. The van der Waals surface area contributed by atoms with Crippen LogP contribution in [0.15, 0.2) is 66.7 Å². The Hall–Kier alpha value is -3.04. The Morgan fingerprint density at radius 2 is 1.68 bits per heavy atom. The lowest BCUT2D eigenvalue weighted by Gasteiger charge is -2.15. The van der Waals surface area contributed by atoms with Gasteiger partial charge in [-0.3, -0.25) is 4.79 Å². The number of alkyl halides is 3. The van der Waals surface area contributed by atoms with Crippen molar-refractivity contribution in [2.45, 2.75) is 6.18 Å². The van der Waals surface area contributed by atoms with Gasteiger partial charge >= 0.3 is 6.18 Å². The van der Waals surface area contributed by atoms with E-state index >= 15 is 0 Å². The SMILES string of the molecule is CS(=O)(=O)NC(=O)c1ccc(Oc2ccc(Cl)cc2)c(-c2cccc(C(F)(F)F)c2)c1. The first-order valence-corrected chi connectivity index (χ1v) is 11.0. The molecule has 0 saturated carbocycles. The van der Waals surface area contributed by atoms with Crippen LogP contribution in [-0.2, 0) is 16.2 Å². The summed E-state index contributed by atoms with van der Waals surface area (Å²) in [6.45, 7) is 0. The van der Waals surface area contributed by atoms with Gasteiger partial charge in [-0.05, 0) is 60.2 Å². The second kappa shape index (κ2) is 8.60. The molecule has 3 aromatic carbocycles. The molecule has 0 atom stereocenters. The van der Waals surface area contributed by atoms with E-state index in [0.29, 0.717) is 10.8 Å². The van der Waals surface area contributed by atoms with Crippen LogP contribution in [0.5, 0.6) is 11.5 Å². The van der Waals surface area contributed by atoms with Crippen LogP contribution >= 0.6 is 11.6 Å². The van der Waals surface area contributed by atoms with Crippen LogP contribution in [0.4, 0.5) is 13.2 Å². The Kier molecular flexibility index (Phi) is 6.28. The first kappa shape index (κ1) is 22.6. The van der Waals surface area contributed by atoms with Gasteiger partial charge in [-0.25, -0.2) is 13.1 Å². The van der Waals surface area contributed by atoms with Gasteiger partial charge in [0.1, 0.15) is 11.5 Å². The lowest BCUT2D eigenvalue weighted by atomic mass is 9.99. The molecule has 0 radical (unpaired) electrons. The topological polar surface area (TPSA) is 72.5 Å². The zero-order valence-corrected chi connectivity index (χ0v) is 17.5. The van der Waals surface area contributed by atoms with Crippen molar-refractivity contribution in [3.8, 4) is 22.6 Å². The number of benzene rings is 3. The summed E-state index contributed by atoms with van der Waals surface area (Å²) in [6.07, 6.45) is -3.75. The first-order chi connectivity index (χ1) is 14.4. The number of halogens is 4. The summed E-state index contributed by atoms with van der Waals surface area (Å²) in [5.74, 6) is -0.391. The highest BCUT2D eigenvalue weighted by atomic mass is 35.5.